The van der Waals surface area contributed by atoms with E-state index in [1.165, 1.54) is 22.1 Å². The molecule has 1 aliphatic rings. The Bertz CT molecular complexity index is 1140. The molecule has 1 aliphatic heterocycles. The van der Waals surface area contributed by atoms with Crippen molar-refractivity contribution in [1.29, 1.82) is 0 Å². The second-order valence-electron chi connectivity index (χ2n) is 7.09. The van der Waals surface area contributed by atoms with Crippen LogP contribution in [0.4, 0.5) is 0 Å². The fourth-order valence-electron chi connectivity index (χ4n) is 3.86. The standard InChI is InChI=1S/C22H20BrN5/c23-18-5-3-16(4-6-18)21-17(12-26-27-21)14-28-10-7-15(8-11-28)20-13-25-22-19(20)2-1-9-24-22/h1-7,9,12-13H,8,10-11,14H2,(H,24,25)(H,26,27). The van der Waals surface area contributed by atoms with Crippen LogP contribution in [0.15, 0.2) is 65.5 Å². The second kappa shape index (κ2) is 7.37. The summed E-state index contributed by atoms with van der Waals surface area (Å²) in [7, 11) is 0. The summed E-state index contributed by atoms with van der Waals surface area (Å²) in [6, 6.07) is 12.5. The van der Waals surface area contributed by atoms with E-state index in [4.69, 9.17) is 0 Å². The van der Waals surface area contributed by atoms with Gasteiger partial charge in [-0.15, -0.1) is 0 Å². The number of hydrogen-bond acceptors (Lipinski definition) is 3. The number of halogens is 1. The van der Waals surface area contributed by atoms with Crippen LogP contribution in [0.3, 0.4) is 0 Å². The minimum Gasteiger partial charge on any atom is -0.346 e. The summed E-state index contributed by atoms with van der Waals surface area (Å²) in [6.07, 6.45) is 9.24. The molecule has 0 saturated heterocycles. The van der Waals surface area contributed by atoms with Crippen molar-refractivity contribution >= 4 is 32.5 Å². The lowest BCUT2D eigenvalue weighted by Crippen LogP contribution is -2.28. The number of aromatic amines is 2. The van der Waals surface area contributed by atoms with Crippen molar-refractivity contribution in [2.75, 3.05) is 13.1 Å². The highest BCUT2D eigenvalue weighted by Crippen LogP contribution is 2.30. The van der Waals surface area contributed by atoms with Crippen LogP contribution in [0.1, 0.15) is 17.5 Å². The summed E-state index contributed by atoms with van der Waals surface area (Å²) in [5.41, 5.74) is 7.13. The Morgan fingerprint density at radius 2 is 2.04 bits per heavy atom. The van der Waals surface area contributed by atoms with Gasteiger partial charge in [0, 0.05) is 53.0 Å². The zero-order chi connectivity index (χ0) is 18.9. The molecule has 0 radical (unpaired) electrons. The lowest BCUT2D eigenvalue weighted by Gasteiger charge is -2.26. The van der Waals surface area contributed by atoms with E-state index in [9.17, 15) is 0 Å². The quantitative estimate of drug-likeness (QED) is 0.475. The van der Waals surface area contributed by atoms with Crippen LogP contribution in [0.5, 0.6) is 0 Å². The molecule has 6 heteroatoms. The van der Waals surface area contributed by atoms with Gasteiger partial charge in [0.2, 0.25) is 0 Å². The van der Waals surface area contributed by atoms with Crippen molar-refractivity contribution in [3.05, 3.63) is 76.7 Å². The predicted molar refractivity (Wildman–Crippen MR) is 116 cm³/mol. The van der Waals surface area contributed by atoms with Gasteiger partial charge in [-0.2, -0.15) is 5.10 Å². The van der Waals surface area contributed by atoms with E-state index in [1.807, 2.05) is 18.5 Å². The lowest BCUT2D eigenvalue weighted by atomic mass is 9.99. The van der Waals surface area contributed by atoms with Gasteiger partial charge >= 0.3 is 0 Å². The van der Waals surface area contributed by atoms with Gasteiger partial charge in [-0.05, 0) is 41.8 Å². The number of nitrogens with one attached hydrogen (secondary N) is 2. The SMILES string of the molecule is Brc1ccc(-c2[nH]ncc2CN2CC=C(c3c[nH]c4ncccc34)CC2)cc1. The van der Waals surface area contributed by atoms with E-state index in [0.717, 1.165) is 47.4 Å². The molecule has 1 aromatic carbocycles. The molecule has 5 rings (SSSR count). The van der Waals surface area contributed by atoms with E-state index in [1.54, 1.807) is 0 Å². The number of rotatable bonds is 4. The molecule has 3 aromatic heterocycles. The first kappa shape index (κ1) is 17.4. The summed E-state index contributed by atoms with van der Waals surface area (Å²) in [5, 5.41) is 8.65. The lowest BCUT2D eigenvalue weighted by molar-refractivity contribution is 0.294. The van der Waals surface area contributed by atoms with E-state index < -0.39 is 0 Å². The largest absolute Gasteiger partial charge is 0.346 e. The van der Waals surface area contributed by atoms with Crippen LogP contribution in [0.2, 0.25) is 0 Å². The van der Waals surface area contributed by atoms with Gasteiger partial charge in [-0.25, -0.2) is 4.98 Å². The summed E-state index contributed by atoms with van der Waals surface area (Å²) in [4.78, 5) is 10.1. The Labute approximate surface area is 171 Å². The number of aromatic nitrogens is 4. The Morgan fingerprint density at radius 1 is 1.14 bits per heavy atom. The molecule has 0 unspecified atom stereocenters. The molecule has 0 fully saturated rings. The van der Waals surface area contributed by atoms with Gasteiger partial charge in [-0.3, -0.25) is 10.00 Å². The first-order valence-corrected chi connectivity index (χ1v) is 10.2. The number of nitrogens with zero attached hydrogens (tertiary/aromatic N) is 3. The normalized spacial score (nSPS) is 15.1. The van der Waals surface area contributed by atoms with E-state index in [2.05, 4.69) is 83.6 Å². The molecular formula is C22H20BrN5. The highest BCUT2D eigenvalue weighted by molar-refractivity contribution is 9.10. The average Bonchev–Trinajstić information content (AvgIpc) is 3.36. The number of H-pyrrole nitrogens is 2. The third-order valence-corrected chi connectivity index (χ3v) is 5.86. The fourth-order valence-corrected chi connectivity index (χ4v) is 4.12. The zero-order valence-corrected chi connectivity index (χ0v) is 16.9. The Balaban J connectivity index is 1.33. The van der Waals surface area contributed by atoms with Gasteiger partial charge in [0.05, 0.1) is 11.9 Å². The maximum absolute atomic E-state index is 4.40. The third kappa shape index (κ3) is 3.30. The van der Waals surface area contributed by atoms with Crippen molar-refractivity contribution in [1.82, 2.24) is 25.1 Å². The molecule has 0 spiro atoms. The third-order valence-electron chi connectivity index (χ3n) is 5.34. The van der Waals surface area contributed by atoms with Crippen molar-refractivity contribution in [3.63, 3.8) is 0 Å². The molecule has 4 heterocycles. The minimum atomic E-state index is 0.890. The van der Waals surface area contributed by atoms with Gasteiger partial charge in [0.15, 0.2) is 0 Å². The Kier molecular flexibility index (Phi) is 4.58. The van der Waals surface area contributed by atoms with Crippen molar-refractivity contribution < 1.29 is 0 Å². The minimum absolute atomic E-state index is 0.890. The van der Waals surface area contributed by atoms with Crippen molar-refractivity contribution in [2.45, 2.75) is 13.0 Å². The van der Waals surface area contributed by atoms with Crippen LogP contribution in [-0.4, -0.2) is 38.2 Å². The van der Waals surface area contributed by atoms with Gasteiger partial charge in [0.25, 0.3) is 0 Å². The highest BCUT2D eigenvalue weighted by atomic mass is 79.9. The first-order valence-electron chi connectivity index (χ1n) is 9.40. The topological polar surface area (TPSA) is 60.6 Å². The molecule has 0 amide bonds. The molecule has 0 atom stereocenters. The molecule has 4 aromatic rings. The molecule has 0 aliphatic carbocycles. The molecular weight excluding hydrogens is 414 g/mol. The van der Waals surface area contributed by atoms with Gasteiger partial charge < -0.3 is 4.98 Å². The monoisotopic (exact) mass is 433 g/mol. The molecule has 28 heavy (non-hydrogen) atoms. The van der Waals surface area contributed by atoms with Gasteiger partial charge in [0.1, 0.15) is 5.65 Å². The number of hydrogen-bond donors (Lipinski definition) is 2. The van der Waals surface area contributed by atoms with Crippen LogP contribution >= 0.6 is 15.9 Å². The summed E-state index contributed by atoms with van der Waals surface area (Å²) >= 11 is 3.50. The van der Waals surface area contributed by atoms with Gasteiger partial charge in [-0.1, -0.05) is 34.1 Å². The number of pyridine rings is 1. The zero-order valence-electron chi connectivity index (χ0n) is 15.3. The maximum atomic E-state index is 4.40. The van der Waals surface area contributed by atoms with Crippen LogP contribution in [-0.2, 0) is 6.54 Å². The highest BCUT2D eigenvalue weighted by Gasteiger charge is 2.18. The maximum Gasteiger partial charge on any atom is 0.137 e. The Hall–Kier alpha value is -2.70. The molecule has 0 saturated carbocycles. The molecule has 5 nitrogen and oxygen atoms in total. The van der Waals surface area contributed by atoms with E-state index in [0.29, 0.717) is 0 Å². The van der Waals surface area contributed by atoms with Crippen molar-refractivity contribution in [3.8, 4) is 11.3 Å². The Morgan fingerprint density at radius 3 is 2.86 bits per heavy atom. The average molecular weight is 434 g/mol. The molecule has 2 N–H and O–H groups in total. The fraction of sp³-hybridized carbons (Fsp3) is 0.182. The smallest absolute Gasteiger partial charge is 0.137 e. The molecule has 0 bridgehead atoms. The van der Waals surface area contributed by atoms with E-state index >= 15 is 0 Å². The summed E-state index contributed by atoms with van der Waals surface area (Å²) in [5.74, 6) is 0. The van der Waals surface area contributed by atoms with Crippen LogP contribution in [0, 0.1) is 0 Å². The first-order chi connectivity index (χ1) is 13.8. The second-order valence-corrected chi connectivity index (χ2v) is 8.01. The number of benzene rings is 1. The predicted octanol–water partition coefficient (Wildman–Crippen LogP) is 5.00. The van der Waals surface area contributed by atoms with Crippen LogP contribution in [0.25, 0.3) is 27.9 Å². The summed E-state index contributed by atoms with van der Waals surface area (Å²) < 4.78 is 1.08. The molecule has 140 valence electrons. The van der Waals surface area contributed by atoms with Crippen LogP contribution < -0.4 is 0 Å². The van der Waals surface area contributed by atoms with Crippen molar-refractivity contribution in [2.24, 2.45) is 0 Å². The number of fused-ring (bicyclic) bond motifs is 1. The summed E-state index contributed by atoms with van der Waals surface area (Å²) in [6.45, 7) is 2.86. The van der Waals surface area contributed by atoms with E-state index in [-0.39, 0.29) is 0 Å².